The Balaban J connectivity index is 1.57. The second-order valence-electron chi connectivity index (χ2n) is 8.73. The van der Waals surface area contributed by atoms with Gasteiger partial charge in [0.2, 0.25) is 0 Å². The summed E-state index contributed by atoms with van der Waals surface area (Å²) >= 11 is 0. The Hall–Kier alpha value is -2.76. The number of benzene rings is 2. The summed E-state index contributed by atoms with van der Waals surface area (Å²) in [6, 6.07) is 15.5. The predicted octanol–water partition coefficient (Wildman–Crippen LogP) is 4.58. The van der Waals surface area contributed by atoms with Crippen molar-refractivity contribution < 1.29 is 14.3 Å². The van der Waals surface area contributed by atoms with Crippen molar-refractivity contribution in [3.8, 4) is 5.75 Å². The fourth-order valence-corrected chi connectivity index (χ4v) is 3.69. The summed E-state index contributed by atoms with van der Waals surface area (Å²) in [4.78, 5) is 19.6. The molecule has 5 heteroatoms. The molecule has 156 valence electrons. The van der Waals surface area contributed by atoms with E-state index in [0.717, 1.165) is 38.2 Å². The van der Waals surface area contributed by atoms with E-state index in [0.29, 0.717) is 16.8 Å². The van der Waals surface area contributed by atoms with E-state index in [1.807, 2.05) is 48.5 Å². The third kappa shape index (κ3) is 4.53. The first-order chi connectivity index (χ1) is 14.4. The number of pyridine rings is 1. The summed E-state index contributed by atoms with van der Waals surface area (Å²) < 4.78 is 11.2. The highest BCUT2D eigenvalue weighted by atomic mass is 16.5. The molecule has 1 aliphatic heterocycles. The van der Waals surface area contributed by atoms with Crippen molar-refractivity contribution in [3.63, 3.8) is 0 Å². The van der Waals surface area contributed by atoms with Gasteiger partial charge in [0.25, 0.3) is 0 Å². The Labute approximate surface area is 177 Å². The van der Waals surface area contributed by atoms with Crippen molar-refractivity contribution in [2.45, 2.75) is 32.7 Å². The quantitative estimate of drug-likeness (QED) is 0.470. The van der Waals surface area contributed by atoms with Gasteiger partial charge in [0.15, 0.2) is 5.75 Å². The van der Waals surface area contributed by atoms with Crippen molar-refractivity contribution >= 4 is 16.9 Å². The average Bonchev–Trinajstić information content (AvgIpc) is 2.75. The molecule has 3 aromatic rings. The maximum absolute atomic E-state index is 12.7. The van der Waals surface area contributed by atoms with Gasteiger partial charge in [-0.2, -0.15) is 0 Å². The lowest BCUT2D eigenvalue weighted by Gasteiger charge is -2.27. The number of ether oxygens (including phenoxy) is 2. The molecule has 0 N–H and O–H groups in total. The van der Waals surface area contributed by atoms with Crippen LogP contribution in [0.5, 0.6) is 5.75 Å². The van der Waals surface area contributed by atoms with Gasteiger partial charge in [-0.1, -0.05) is 45.0 Å². The highest BCUT2D eigenvalue weighted by molar-refractivity contribution is 5.95. The van der Waals surface area contributed by atoms with E-state index in [9.17, 15) is 4.79 Å². The first-order valence-electron chi connectivity index (χ1n) is 10.4. The van der Waals surface area contributed by atoms with Crippen LogP contribution < -0.4 is 4.74 Å². The van der Waals surface area contributed by atoms with E-state index in [-0.39, 0.29) is 11.4 Å². The second kappa shape index (κ2) is 8.54. The number of esters is 1. The molecule has 5 nitrogen and oxygen atoms in total. The summed E-state index contributed by atoms with van der Waals surface area (Å²) in [5.41, 5.74) is 3.64. The molecule has 0 atom stereocenters. The third-order valence-electron chi connectivity index (χ3n) is 5.51. The molecule has 1 fully saturated rings. The van der Waals surface area contributed by atoms with Crippen LogP contribution in [0.25, 0.3) is 10.9 Å². The molecule has 0 aliphatic carbocycles. The van der Waals surface area contributed by atoms with Crippen LogP contribution in [0.4, 0.5) is 0 Å². The second-order valence-corrected chi connectivity index (χ2v) is 8.73. The van der Waals surface area contributed by atoms with E-state index in [2.05, 4.69) is 30.7 Å². The average molecular weight is 405 g/mol. The van der Waals surface area contributed by atoms with Gasteiger partial charge in [0, 0.05) is 31.2 Å². The topological polar surface area (TPSA) is 51.7 Å². The molecule has 1 aromatic heterocycles. The monoisotopic (exact) mass is 404 g/mol. The van der Waals surface area contributed by atoms with Crippen molar-refractivity contribution in [1.82, 2.24) is 9.88 Å². The molecule has 0 saturated carbocycles. The van der Waals surface area contributed by atoms with Crippen LogP contribution in [-0.4, -0.2) is 42.2 Å². The number of hydrogen-bond donors (Lipinski definition) is 0. The smallest absolute Gasteiger partial charge is 0.343 e. The number of fused-ring (bicyclic) bond motifs is 1. The molecule has 0 radical (unpaired) electrons. The summed E-state index contributed by atoms with van der Waals surface area (Å²) in [5.74, 6) is 0.115. The standard InChI is InChI=1S/C25H28N2O3/c1-25(2,3)20-9-6-18(7-10-20)24(28)30-22-11-8-19(17-27-13-15-29-16-14-27)21-5-4-12-26-23(21)22/h4-12H,13-17H2,1-3H3. The number of morpholine rings is 1. The summed E-state index contributed by atoms with van der Waals surface area (Å²) in [6.45, 7) is 10.6. The number of carbonyl (C=O) groups excluding carboxylic acids is 1. The minimum Gasteiger partial charge on any atom is -0.421 e. The van der Waals surface area contributed by atoms with Gasteiger partial charge in [-0.15, -0.1) is 0 Å². The number of nitrogens with zero attached hydrogens (tertiary/aromatic N) is 2. The van der Waals surface area contributed by atoms with Crippen molar-refractivity contribution in [3.05, 3.63) is 71.4 Å². The zero-order valence-corrected chi connectivity index (χ0v) is 17.9. The van der Waals surface area contributed by atoms with Gasteiger partial charge < -0.3 is 9.47 Å². The van der Waals surface area contributed by atoms with E-state index < -0.39 is 0 Å². The van der Waals surface area contributed by atoms with Crippen molar-refractivity contribution in [2.75, 3.05) is 26.3 Å². The van der Waals surface area contributed by atoms with E-state index in [1.54, 1.807) is 6.20 Å². The van der Waals surface area contributed by atoms with Crippen molar-refractivity contribution in [2.24, 2.45) is 0 Å². The normalized spacial score (nSPS) is 15.3. The lowest BCUT2D eigenvalue weighted by molar-refractivity contribution is 0.0343. The van der Waals surface area contributed by atoms with Crippen molar-refractivity contribution in [1.29, 1.82) is 0 Å². The molecule has 1 aliphatic rings. The van der Waals surface area contributed by atoms with Gasteiger partial charge in [0.1, 0.15) is 5.52 Å². The number of rotatable bonds is 4. The third-order valence-corrected chi connectivity index (χ3v) is 5.51. The first kappa shape index (κ1) is 20.5. The van der Waals surface area contributed by atoms with Crippen LogP contribution in [0, 0.1) is 0 Å². The Morgan fingerprint density at radius 2 is 1.80 bits per heavy atom. The molecular formula is C25H28N2O3. The molecule has 2 aromatic carbocycles. The maximum Gasteiger partial charge on any atom is 0.343 e. The zero-order valence-electron chi connectivity index (χ0n) is 17.9. The summed E-state index contributed by atoms with van der Waals surface area (Å²) in [7, 11) is 0. The minimum atomic E-state index is -0.372. The van der Waals surface area contributed by atoms with Crippen LogP contribution >= 0.6 is 0 Å². The van der Waals surface area contributed by atoms with Crippen LogP contribution in [0.3, 0.4) is 0 Å². The lowest BCUT2D eigenvalue weighted by Crippen LogP contribution is -2.35. The van der Waals surface area contributed by atoms with E-state index in [1.165, 1.54) is 11.1 Å². The summed E-state index contributed by atoms with van der Waals surface area (Å²) in [6.07, 6.45) is 1.73. The fourth-order valence-electron chi connectivity index (χ4n) is 3.69. The molecule has 0 spiro atoms. The first-order valence-corrected chi connectivity index (χ1v) is 10.4. The van der Waals surface area contributed by atoms with Gasteiger partial charge in [0.05, 0.1) is 18.8 Å². The Morgan fingerprint density at radius 3 is 2.50 bits per heavy atom. The fraction of sp³-hybridized carbons (Fsp3) is 0.360. The molecular weight excluding hydrogens is 376 g/mol. The van der Waals surface area contributed by atoms with Gasteiger partial charge >= 0.3 is 5.97 Å². The summed E-state index contributed by atoms with van der Waals surface area (Å²) in [5, 5.41) is 1.01. The van der Waals surface area contributed by atoms with Crippen LogP contribution in [0.1, 0.15) is 42.3 Å². The van der Waals surface area contributed by atoms with E-state index in [4.69, 9.17) is 9.47 Å². The SMILES string of the molecule is CC(C)(C)c1ccc(C(=O)Oc2ccc(CN3CCOCC3)c3cccnc23)cc1. The largest absolute Gasteiger partial charge is 0.421 e. The Bertz CT molecular complexity index is 1030. The number of hydrogen-bond acceptors (Lipinski definition) is 5. The van der Waals surface area contributed by atoms with Crippen LogP contribution in [-0.2, 0) is 16.7 Å². The number of carbonyl (C=O) groups is 1. The van der Waals surface area contributed by atoms with Gasteiger partial charge in [-0.05, 0) is 40.8 Å². The zero-order chi connectivity index (χ0) is 21.1. The number of aromatic nitrogens is 1. The maximum atomic E-state index is 12.7. The highest BCUT2D eigenvalue weighted by Gasteiger charge is 2.18. The van der Waals surface area contributed by atoms with E-state index >= 15 is 0 Å². The highest BCUT2D eigenvalue weighted by Crippen LogP contribution is 2.29. The van der Waals surface area contributed by atoms with Gasteiger partial charge in [-0.25, -0.2) is 4.79 Å². The molecule has 0 bridgehead atoms. The molecule has 0 amide bonds. The molecule has 1 saturated heterocycles. The van der Waals surface area contributed by atoms with Gasteiger partial charge in [-0.3, -0.25) is 9.88 Å². The molecule has 4 rings (SSSR count). The molecule has 2 heterocycles. The Kier molecular flexibility index (Phi) is 5.84. The van der Waals surface area contributed by atoms with Crippen LogP contribution in [0.2, 0.25) is 0 Å². The van der Waals surface area contributed by atoms with Crippen LogP contribution in [0.15, 0.2) is 54.7 Å². The Morgan fingerprint density at radius 1 is 1.07 bits per heavy atom. The minimum absolute atomic E-state index is 0.0405. The predicted molar refractivity (Wildman–Crippen MR) is 118 cm³/mol. The molecule has 30 heavy (non-hydrogen) atoms. The lowest BCUT2D eigenvalue weighted by atomic mass is 9.87. The molecule has 0 unspecified atom stereocenters.